The number of piperidine rings is 1. The van der Waals surface area contributed by atoms with Gasteiger partial charge in [0.2, 0.25) is 15.9 Å². The summed E-state index contributed by atoms with van der Waals surface area (Å²) < 4.78 is 45.7. The molecule has 29 heavy (non-hydrogen) atoms. The van der Waals surface area contributed by atoms with Gasteiger partial charge in [-0.2, -0.15) is 4.31 Å². The number of hydrogen-bond donors (Lipinski definition) is 1. The third-order valence-electron chi connectivity index (χ3n) is 4.76. The number of hydrogen-bond acceptors (Lipinski definition) is 4. The molecular weight excluding hydrogens is 442 g/mol. The van der Waals surface area contributed by atoms with Crippen LogP contribution in [0.1, 0.15) is 12.8 Å². The molecule has 1 heterocycles. The van der Waals surface area contributed by atoms with Gasteiger partial charge in [0.25, 0.3) is 0 Å². The zero-order valence-corrected chi connectivity index (χ0v) is 17.8. The number of halogens is 3. The summed E-state index contributed by atoms with van der Waals surface area (Å²) in [5.74, 6) is -1.21. The van der Waals surface area contributed by atoms with Gasteiger partial charge in [-0.05, 0) is 49.2 Å². The molecule has 1 N–H and O–H groups in total. The van der Waals surface area contributed by atoms with Gasteiger partial charge in [-0.25, -0.2) is 12.8 Å². The van der Waals surface area contributed by atoms with Crippen LogP contribution in [0.25, 0.3) is 0 Å². The number of carbonyl (C=O) groups excluding carboxylic acids is 1. The Balaban J connectivity index is 1.68. The van der Waals surface area contributed by atoms with Crippen LogP contribution in [0.15, 0.2) is 41.3 Å². The van der Waals surface area contributed by atoms with Crippen LogP contribution in [-0.2, 0) is 14.8 Å². The molecule has 10 heteroatoms. The maximum Gasteiger partial charge on any atom is 0.246 e. The maximum absolute atomic E-state index is 13.6. The van der Waals surface area contributed by atoms with E-state index < -0.39 is 15.8 Å². The highest BCUT2D eigenvalue weighted by molar-refractivity contribution is 7.89. The van der Waals surface area contributed by atoms with E-state index in [1.165, 1.54) is 23.5 Å². The van der Waals surface area contributed by atoms with E-state index >= 15 is 0 Å². The fourth-order valence-electron chi connectivity index (χ4n) is 3.18. The first kappa shape index (κ1) is 21.8. The summed E-state index contributed by atoms with van der Waals surface area (Å²) in [4.78, 5) is 12.3. The Bertz CT molecular complexity index is 1020. The average molecular weight is 461 g/mol. The number of methoxy groups -OCH3 is 1. The molecule has 0 spiro atoms. The molecule has 0 saturated carbocycles. The largest absolute Gasteiger partial charge is 0.495 e. The standard InChI is InChI=1S/C19H19Cl2FN2O4S/c1-28-17-5-3-14(22)11-18(17)29(26,27)24-8-6-12(7-9-24)19(25)23-16-4-2-13(20)10-15(16)21/h2-5,10-12H,6-9H2,1H3,(H,23,25). The van der Waals surface area contributed by atoms with Crippen LogP contribution in [0.5, 0.6) is 5.75 Å². The van der Waals surface area contributed by atoms with Crippen LogP contribution in [-0.4, -0.2) is 38.8 Å². The van der Waals surface area contributed by atoms with Crippen LogP contribution in [0.2, 0.25) is 10.0 Å². The molecule has 1 amide bonds. The lowest BCUT2D eigenvalue weighted by Gasteiger charge is -2.31. The number of benzene rings is 2. The summed E-state index contributed by atoms with van der Waals surface area (Å²) in [6.45, 7) is 0.267. The Hall–Kier alpha value is -1.87. The second kappa shape index (κ2) is 8.87. The molecule has 1 saturated heterocycles. The van der Waals surface area contributed by atoms with Gasteiger partial charge in [-0.15, -0.1) is 0 Å². The SMILES string of the molecule is COc1ccc(F)cc1S(=O)(=O)N1CCC(C(=O)Nc2ccc(Cl)cc2Cl)CC1. The molecular formula is C19H19Cl2FN2O4S. The lowest BCUT2D eigenvalue weighted by Crippen LogP contribution is -2.41. The monoisotopic (exact) mass is 460 g/mol. The number of nitrogens with zero attached hydrogens (tertiary/aromatic N) is 1. The highest BCUT2D eigenvalue weighted by Crippen LogP contribution is 2.31. The number of amides is 1. The first-order valence-corrected chi connectivity index (χ1v) is 11.0. The summed E-state index contributed by atoms with van der Waals surface area (Å²) in [5, 5.41) is 3.53. The smallest absolute Gasteiger partial charge is 0.246 e. The van der Waals surface area contributed by atoms with Gasteiger partial charge in [0.15, 0.2) is 0 Å². The molecule has 1 fully saturated rings. The minimum absolute atomic E-state index is 0.0728. The van der Waals surface area contributed by atoms with Crippen molar-refractivity contribution in [1.29, 1.82) is 0 Å². The van der Waals surface area contributed by atoms with E-state index in [9.17, 15) is 17.6 Å². The normalized spacial score (nSPS) is 15.9. The minimum atomic E-state index is -3.95. The number of anilines is 1. The molecule has 0 aromatic heterocycles. The van der Waals surface area contributed by atoms with E-state index in [4.69, 9.17) is 27.9 Å². The minimum Gasteiger partial charge on any atom is -0.495 e. The van der Waals surface area contributed by atoms with Gasteiger partial charge in [0.1, 0.15) is 16.5 Å². The summed E-state index contributed by atoms with van der Waals surface area (Å²) in [6.07, 6.45) is 0.655. The lowest BCUT2D eigenvalue weighted by molar-refractivity contribution is -0.120. The Morgan fingerprint density at radius 3 is 2.48 bits per heavy atom. The van der Waals surface area contributed by atoms with Crippen molar-refractivity contribution in [2.45, 2.75) is 17.7 Å². The van der Waals surface area contributed by atoms with Crippen molar-refractivity contribution in [3.8, 4) is 5.75 Å². The molecule has 1 aliphatic heterocycles. The van der Waals surface area contributed by atoms with Gasteiger partial charge >= 0.3 is 0 Å². The molecule has 0 radical (unpaired) electrons. The first-order chi connectivity index (χ1) is 13.7. The Kier molecular flexibility index (Phi) is 6.68. The fraction of sp³-hybridized carbons (Fsp3) is 0.316. The molecule has 0 aliphatic carbocycles. The third kappa shape index (κ3) is 4.83. The Morgan fingerprint density at radius 2 is 1.86 bits per heavy atom. The first-order valence-electron chi connectivity index (χ1n) is 8.82. The molecule has 0 bridgehead atoms. The van der Waals surface area contributed by atoms with Crippen LogP contribution >= 0.6 is 23.2 Å². The second-order valence-electron chi connectivity index (χ2n) is 6.59. The van der Waals surface area contributed by atoms with Crippen molar-refractivity contribution in [2.75, 3.05) is 25.5 Å². The van der Waals surface area contributed by atoms with Crippen LogP contribution in [0.4, 0.5) is 10.1 Å². The number of ether oxygens (including phenoxy) is 1. The average Bonchev–Trinajstić information content (AvgIpc) is 2.70. The van der Waals surface area contributed by atoms with Gasteiger partial charge in [-0.1, -0.05) is 23.2 Å². The quantitative estimate of drug-likeness (QED) is 0.725. The highest BCUT2D eigenvalue weighted by Gasteiger charge is 2.34. The van der Waals surface area contributed by atoms with E-state index in [1.54, 1.807) is 12.1 Å². The summed E-state index contributed by atoms with van der Waals surface area (Å²) in [6, 6.07) is 8.10. The summed E-state index contributed by atoms with van der Waals surface area (Å²) in [7, 11) is -2.62. The summed E-state index contributed by atoms with van der Waals surface area (Å²) in [5.41, 5.74) is 0.445. The lowest BCUT2D eigenvalue weighted by atomic mass is 9.97. The van der Waals surface area contributed by atoms with Crippen molar-refractivity contribution in [2.24, 2.45) is 5.92 Å². The molecule has 1 aliphatic rings. The molecule has 0 unspecified atom stereocenters. The van der Waals surface area contributed by atoms with Gasteiger partial charge in [0.05, 0.1) is 17.8 Å². The third-order valence-corrected chi connectivity index (χ3v) is 7.22. The van der Waals surface area contributed by atoms with Crippen molar-refractivity contribution >= 4 is 44.8 Å². The predicted octanol–water partition coefficient (Wildman–Crippen LogP) is 4.18. The second-order valence-corrected chi connectivity index (χ2v) is 9.34. The highest BCUT2D eigenvalue weighted by atomic mass is 35.5. The molecule has 0 atom stereocenters. The predicted molar refractivity (Wildman–Crippen MR) is 110 cm³/mol. The zero-order chi connectivity index (χ0) is 21.2. The molecule has 6 nitrogen and oxygen atoms in total. The number of rotatable bonds is 5. The van der Waals surface area contributed by atoms with Crippen molar-refractivity contribution in [3.63, 3.8) is 0 Å². The number of sulfonamides is 1. The van der Waals surface area contributed by atoms with E-state index in [0.717, 1.165) is 12.1 Å². The molecule has 2 aromatic carbocycles. The van der Waals surface area contributed by atoms with Crippen molar-refractivity contribution in [1.82, 2.24) is 4.31 Å². The maximum atomic E-state index is 13.6. The molecule has 2 aromatic rings. The van der Waals surface area contributed by atoms with E-state index in [2.05, 4.69) is 5.32 Å². The number of carbonyl (C=O) groups is 1. The van der Waals surface area contributed by atoms with Crippen LogP contribution in [0, 0.1) is 11.7 Å². The van der Waals surface area contributed by atoms with Crippen LogP contribution < -0.4 is 10.1 Å². The number of nitrogens with one attached hydrogen (secondary N) is 1. The van der Waals surface area contributed by atoms with E-state index in [1.807, 2.05) is 0 Å². The Morgan fingerprint density at radius 1 is 1.17 bits per heavy atom. The molecule has 3 rings (SSSR count). The zero-order valence-electron chi connectivity index (χ0n) is 15.5. The molecule has 156 valence electrons. The summed E-state index contributed by atoms with van der Waals surface area (Å²) >= 11 is 11.9. The van der Waals surface area contributed by atoms with Crippen molar-refractivity contribution in [3.05, 3.63) is 52.3 Å². The van der Waals surface area contributed by atoms with Gasteiger partial charge < -0.3 is 10.1 Å². The van der Waals surface area contributed by atoms with E-state index in [0.29, 0.717) is 28.6 Å². The topological polar surface area (TPSA) is 75.7 Å². The fourth-order valence-corrected chi connectivity index (χ4v) is 5.27. The van der Waals surface area contributed by atoms with Gasteiger partial charge in [0, 0.05) is 24.0 Å². The van der Waals surface area contributed by atoms with Crippen LogP contribution in [0.3, 0.4) is 0 Å². The van der Waals surface area contributed by atoms with E-state index in [-0.39, 0.29) is 35.6 Å². The van der Waals surface area contributed by atoms with Gasteiger partial charge in [-0.3, -0.25) is 4.79 Å². The Labute approximate surface area is 178 Å². The van der Waals surface area contributed by atoms with Crippen molar-refractivity contribution < 1.29 is 22.3 Å².